The predicted octanol–water partition coefficient (Wildman–Crippen LogP) is 14.0. The van der Waals surface area contributed by atoms with Gasteiger partial charge in [-0.05, 0) is 45.3 Å². The third-order valence-corrected chi connectivity index (χ3v) is 11.9. The molecule has 3 aromatic heterocycles. The van der Waals surface area contributed by atoms with Crippen LogP contribution in [0.4, 0.5) is 0 Å². The first-order chi connectivity index (χ1) is 27.3. The average molecular weight is 718 g/mol. The molecule has 0 aliphatic heterocycles. The Morgan fingerprint density at radius 2 is 0.945 bits per heavy atom. The zero-order valence-corrected chi connectivity index (χ0v) is 30.5. The van der Waals surface area contributed by atoms with E-state index in [0.29, 0.717) is 5.82 Å². The summed E-state index contributed by atoms with van der Waals surface area (Å²) in [7, 11) is 0. The van der Waals surface area contributed by atoms with E-state index >= 15 is 0 Å². The summed E-state index contributed by atoms with van der Waals surface area (Å²) in [5.41, 5.74) is 10.2. The van der Waals surface area contributed by atoms with Gasteiger partial charge in [-0.15, -0.1) is 11.3 Å². The molecule has 0 radical (unpaired) electrons. The quantitative estimate of drug-likeness (QED) is 0.166. The average Bonchev–Trinajstić information content (AvgIpc) is 3.66. The molecule has 0 saturated carbocycles. The summed E-state index contributed by atoms with van der Waals surface area (Å²) in [5, 5.41) is 8.55. The minimum Gasteiger partial charge on any atom is -0.246 e. The van der Waals surface area contributed by atoms with Crippen molar-refractivity contribution in [2.75, 3.05) is 0 Å². The van der Waals surface area contributed by atoms with E-state index in [1.54, 1.807) is 0 Å². The van der Waals surface area contributed by atoms with E-state index in [0.717, 1.165) is 50.4 Å². The van der Waals surface area contributed by atoms with Crippen molar-refractivity contribution in [3.05, 3.63) is 188 Å². The summed E-state index contributed by atoms with van der Waals surface area (Å²) < 4.78 is 2.51. The van der Waals surface area contributed by atoms with Crippen LogP contribution in [0, 0.1) is 0 Å². The van der Waals surface area contributed by atoms with Crippen molar-refractivity contribution in [1.82, 2.24) is 15.0 Å². The molecule has 4 heteroatoms. The highest BCUT2D eigenvalue weighted by Crippen LogP contribution is 2.46. The lowest BCUT2D eigenvalue weighted by Gasteiger charge is -2.15. The van der Waals surface area contributed by atoms with Crippen LogP contribution >= 0.6 is 11.3 Å². The van der Waals surface area contributed by atoms with Crippen molar-refractivity contribution in [3.8, 4) is 56.3 Å². The molecule has 0 bridgehead atoms. The zero-order chi connectivity index (χ0) is 36.3. The molecule has 3 nitrogen and oxygen atoms in total. The molecule has 0 N–H and O–H groups in total. The number of thiophene rings is 1. The molecule has 0 saturated heterocycles. The molecule has 0 atom stereocenters. The predicted molar refractivity (Wildman–Crippen MR) is 232 cm³/mol. The first-order valence-corrected chi connectivity index (χ1v) is 19.3. The zero-order valence-electron chi connectivity index (χ0n) is 29.6. The van der Waals surface area contributed by atoms with E-state index in [4.69, 9.17) is 15.0 Å². The Labute approximate surface area is 321 Å². The largest absolute Gasteiger partial charge is 0.246 e. The summed E-state index contributed by atoms with van der Waals surface area (Å²) in [6.07, 6.45) is 0. The van der Waals surface area contributed by atoms with Gasteiger partial charge in [-0.25, -0.2) is 15.0 Å². The lowest BCUT2D eigenvalue weighted by molar-refractivity contribution is 1.18. The SMILES string of the molecule is c1ccc(-c2cc(-c3ccccc3)nc(-c3ccc(-c4nc5c(-c6cc7ccccc7c7ccccc67)cccc5c5sc6ccccc6c45)cc3)n2)cc1. The van der Waals surface area contributed by atoms with Crippen molar-refractivity contribution in [1.29, 1.82) is 0 Å². The summed E-state index contributed by atoms with van der Waals surface area (Å²) >= 11 is 1.85. The molecule has 0 spiro atoms. The molecule has 0 fully saturated rings. The van der Waals surface area contributed by atoms with Gasteiger partial charge < -0.3 is 0 Å². The Balaban J connectivity index is 1.12. The second-order valence-electron chi connectivity index (χ2n) is 13.9. The van der Waals surface area contributed by atoms with Crippen molar-refractivity contribution in [2.45, 2.75) is 0 Å². The second kappa shape index (κ2) is 12.8. The van der Waals surface area contributed by atoms with Gasteiger partial charge in [0.1, 0.15) is 0 Å². The van der Waals surface area contributed by atoms with Gasteiger partial charge in [-0.3, -0.25) is 0 Å². The monoisotopic (exact) mass is 717 g/mol. The molecule has 0 aliphatic rings. The van der Waals surface area contributed by atoms with Crippen LogP contribution in [0.3, 0.4) is 0 Å². The molecular weight excluding hydrogens is 687 g/mol. The van der Waals surface area contributed by atoms with Crippen LogP contribution in [0.2, 0.25) is 0 Å². The summed E-state index contributed by atoms with van der Waals surface area (Å²) in [5.74, 6) is 0.690. The highest BCUT2D eigenvalue weighted by atomic mass is 32.1. The smallest absolute Gasteiger partial charge is 0.160 e. The van der Waals surface area contributed by atoms with Gasteiger partial charge in [0.05, 0.1) is 22.6 Å². The van der Waals surface area contributed by atoms with Crippen molar-refractivity contribution in [2.24, 2.45) is 0 Å². The molecule has 0 amide bonds. The number of pyridine rings is 1. The Bertz CT molecular complexity index is 3180. The molecule has 8 aromatic carbocycles. The van der Waals surface area contributed by atoms with Gasteiger partial charge in [0, 0.05) is 53.4 Å². The van der Waals surface area contributed by atoms with E-state index in [9.17, 15) is 0 Å². The summed E-state index contributed by atoms with van der Waals surface area (Å²) in [4.78, 5) is 15.8. The second-order valence-corrected chi connectivity index (χ2v) is 15.0. The van der Waals surface area contributed by atoms with Crippen LogP contribution in [0.1, 0.15) is 0 Å². The van der Waals surface area contributed by atoms with Gasteiger partial charge >= 0.3 is 0 Å². The lowest BCUT2D eigenvalue weighted by atomic mass is 9.91. The number of para-hydroxylation sites is 1. The first kappa shape index (κ1) is 31.5. The Morgan fingerprint density at radius 1 is 0.364 bits per heavy atom. The first-order valence-electron chi connectivity index (χ1n) is 18.5. The van der Waals surface area contributed by atoms with Crippen molar-refractivity contribution in [3.63, 3.8) is 0 Å². The van der Waals surface area contributed by atoms with E-state index in [1.165, 1.54) is 52.7 Å². The van der Waals surface area contributed by atoms with Gasteiger partial charge in [-0.1, -0.05) is 170 Å². The number of fused-ring (bicyclic) bond motifs is 8. The number of rotatable bonds is 5. The van der Waals surface area contributed by atoms with Crippen LogP contribution in [0.15, 0.2) is 188 Å². The van der Waals surface area contributed by atoms with Crippen molar-refractivity contribution < 1.29 is 0 Å². The summed E-state index contributed by atoms with van der Waals surface area (Å²) in [6.45, 7) is 0. The number of nitrogens with zero attached hydrogens (tertiary/aromatic N) is 3. The van der Waals surface area contributed by atoms with Crippen LogP contribution < -0.4 is 0 Å². The fourth-order valence-corrected chi connectivity index (χ4v) is 9.29. The van der Waals surface area contributed by atoms with Gasteiger partial charge in [0.15, 0.2) is 5.82 Å². The molecule has 0 aliphatic carbocycles. The van der Waals surface area contributed by atoms with E-state index in [1.807, 2.05) is 47.7 Å². The topological polar surface area (TPSA) is 38.7 Å². The molecule has 3 heterocycles. The third-order valence-electron chi connectivity index (χ3n) is 10.7. The van der Waals surface area contributed by atoms with E-state index in [2.05, 4.69) is 152 Å². The van der Waals surface area contributed by atoms with Crippen LogP contribution in [-0.4, -0.2) is 15.0 Å². The lowest BCUT2D eigenvalue weighted by Crippen LogP contribution is -1.96. The van der Waals surface area contributed by atoms with Crippen LogP contribution in [0.5, 0.6) is 0 Å². The molecule has 11 rings (SSSR count). The van der Waals surface area contributed by atoms with Gasteiger partial charge in [0.2, 0.25) is 0 Å². The van der Waals surface area contributed by atoms with Gasteiger partial charge in [0.25, 0.3) is 0 Å². The molecule has 256 valence electrons. The Hall–Kier alpha value is -7.01. The Kier molecular flexibility index (Phi) is 7.35. The number of aromatic nitrogens is 3. The van der Waals surface area contributed by atoms with Crippen LogP contribution in [0.25, 0.3) is 109 Å². The molecule has 11 aromatic rings. The van der Waals surface area contributed by atoms with E-state index in [-0.39, 0.29) is 0 Å². The maximum atomic E-state index is 5.64. The fraction of sp³-hybridized carbons (Fsp3) is 0. The third kappa shape index (κ3) is 5.30. The highest BCUT2D eigenvalue weighted by Gasteiger charge is 2.20. The fourth-order valence-electron chi connectivity index (χ4n) is 8.06. The molecule has 0 unspecified atom stereocenters. The number of hydrogen-bond acceptors (Lipinski definition) is 4. The standard InChI is InChI=1S/C51H31N3S/c1-3-14-32(15-4-1)44-31-45(33-16-5-2-6-17-33)53-51(52-44)35-28-26-34(27-29-35)48-47-41-22-11-12-25-46(41)55-50(47)42-24-13-23-40(49(42)54-48)43-30-36-18-7-8-19-37(36)38-20-9-10-21-39(38)43/h1-31H. The summed E-state index contributed by atoms with van der Waals surface area (Å²) in [6, 6.07) is 66.5. The maximum absolute atomic E-state index is 5.64. The van der Waals surface area contributed by atoms with E-state index < -0.39 is 0 Å². The molecule has 55 heavy (non-hydrogen) atoms. The number of benzene rings is 8. The highest BCUT2D eigenvalue weighted by molar-refractivity contribution is 7.26. The normalized spacial score (nSPS) is 11.6. The maximum Gasteiger partial charge on any atom is 0.160 e. The minimum absolute atomic E-state index is 0.690. The van der Waals surface area contributed by atoms with Crippen LogP contribution in [-0.2, 0) is 0 Å². The molecular formula is C51H31N3S. The van der Waals surface area contributed by atoms with Gasteiger partial charge in [-0.2, -0.15) is 0 Å². The van der Waals surface area contributed by atoms with Crippen molar-refractivity contribution >= 4 is 64.0 Å². The Morgan fingerprint density at radius 3 is 1.67 bits per heavy atom. The number of hydrogen-bond donors (Lipinski definition) is 0. The minimum atomic E-state index is 0.690.